The number of nitrogens with zero attached hydrogens (tertiary/aromatic N) is 1. The Kier molecular flexibility index (Phi) is 4.98. The average Bonchev–Trinajstić information content (AvgIpc) is 2.86. The molecular formula is C14H14BrN3O2S. The Bertz CT molecular complexity index is 654. The molecule has 1 aromatic heterocycles. The van der Waals surface area contributed by atoms with Crippen LogP contribution in [0.3, 0.4) is 0 Å². The largest absolute Gasteiger partial charge is 0.399 e. The molecule has 1 heterocycles. The van der Waals surface area contributed by atoms with Crippen LogP contribution in [0.2, 0.25) is 0 Å². The van der Waals surface area contributed by atoms with Gasteiger partial charge in [0.05, 0.1) is 15.9 Å². The van der Waals surface area contributed by atoms with Gasteiger partial charge in [-0.05, 0) is 39.7 Å². The Morgan fingerprint density at radius 3 is 2.43 bits per heavy atom. The predicted octanol–water partition coefficient (Wildman–Crippen LogP) is 2.22. The summed E-state index contributed by atoms with van der Waals surface area (Å²) in [5.41, 5.74) is 12.9. The standard InChI is InChI=1S/C14H14BrN3O2S/c15-12-5-10(8-21-12)14(20)18(7-13(17)19)6-9-1-3-11(16)4-2-9/h1-5,8H,6-7,16H2,(H2,17,19). The minimum atomic E-state index is -0.548. The van der Waals surface area contributed by atoms with Gasteiger partial charge in [0, 0.05) is 17.6 Å². The summed E-state index contributed by atoms with van der Waals surface area (Å²) in [5.74, 6) is -0.777. The van der Waals surface area contributed by atoms with Crippen molar-refractivity contribution in [1.29, 1.82) is 0 Å². The van der Waals surface area contributed by atoms with Crippen LogP contribution in [-0.2, 0) is 11.3 Å². The third-order valence-electron chi connectivity index (χ3n) is 2.80. The average molecular weight is 368 g/mol. The van der Waals surface area contributed by atoms with Gasteiger partial charge in [0.25, 0.3) is 5.91 Å². The van der Waals surface area contributed by atoms with E-state index in [1.807, 2.05) is 12.1 Å². The first-order valence-corrected chi connectivity index (χ1v) is 7.79. The van der Waals surface area contributed by atoms with Crippen LogP contribution >= 0.6 is 27.3 Å². The van der Waals surface area contributed by atoms with Crippen molar-refractivity contribution >= 4 is 44.8 Å². The van der Waals surface area contributed by atoms with E-state index in [1.165, 1.54) is 16.2 Å². The van der Waals surface area contributed by atoms with Crippen molar-refractivity contribution in [3.63, 3.8) is 0 Å². The van der Waals surface area contributed by atoms with E-state index < -0.39 is 5.91 Å². The molecule has 4 N–H and O–H groups in total. The van der Waals surface area contributed by atoms with Crippen molar-refractivity contribution < 1.29 is 9.59 Å². The molecule has 0 atom stereocenters. The highest BCUT2D eigenvalue weighted by Gasteiger charge is 2.19. The maximum Gasteiger partial charge on any atom is 0.255 e. The van der Waals surface area contributed by atoms with Gasteiger partial charge in [-0.1, -0.05) is 12.1 Å². The molecule has 0 fully saturated rings. The van der Waals surface area contributed by atoms with Gasteiger partial charge >= 0.3 is 0 Å². The summed E-state index contributed by atoms with van der Waals surface area (Å²) in [6.45, 7) is 0.173. The molecule has 0 saturated carbocycles. The number of halogens is 1. The molecule has 2 rings (SSSR count). The first-order valence-electron chi connectivity index (χ1n) is 6.11. The van der Waals surface area contributed by atoms with Gasteiger partial charge in [-0.3, -0.25) is 9.59 Å². The van der Waals surface area contributed by atoms with E-state index in [0.717, 1.165) is 9.35 Å². The van der Waals surface area contributed by atoms with Crippen LogP contribution in [-0.4, -0.2) is 23.3 Å². The highest BCUT2D eigenvalue weighted by molar-refractivity contribution is 9.11. The number of carbonyl (C=O) groups is 2. The Morgan fingerprint density at radius 2 is 1.90 bits per heavy atom. The van der Waals surface area contributed by atoms with E-state index in [-0.39, 0.29) is 12.5 Å². The number of anilines is 1. The number of nitrogen functional groups attached to an aromatic ring is 1. The number of amides is 2. The fourth-order valence-electron chi connectivity index (χ4n) is 1.84. The molecule has 21 heavy (non-hydrogen) atoms. The van der Waals surface area contributed by atoms with Gasteiger partial charge in [-0.2, -0.15) is 0 Å². The smallest absolute Gasteiger partial charge is 0.255 e. The van der Waals surface area contributed by atoms with Crippen LogP contribution in [0.1, 0.15) is 15.9 Å². The topological polar surface area (TPSA) is 89.4 Å². The fraction of sp³-hybridized carbons (Fsp3) is 0.143. The lowest BCUT2D eigenvalue weighted by Gasteiger charge is -2.21. The van der Waals surface area contributed by atoms with Crippen molar-refractivity contribution in [3.8, 4) is 0 Å². The molecule has 1 aromatic carbocycles. The molecular weight excluding hydrogens is 354 g/mol. The fourth-order valence-corrected chi connectivity index (χ4v) is 2.97. The summed E-state index contributed by atoms with van der Waals surface area (Å²) in [6.07, 6.45) is 0. The predicted molar refractivity (Wildman–Crippen MR) is 86.8 cm³/mol. The molecule has 0 saturated heterocycles. The van der Waals surface area contributed by atoms with Gasteiger partial charge in [-0.15, -0.1) is 11.3 Å². The zero-order valence-corrected chi connectivity index (χ0v) is 13.5. The molecule has 7 heteroatoms. The summed E-state index contributed by atoms with van der Waals surface area (Å²) in [5, 5.41) is 1.74. The van der Waals surface area contributed by atoms with E-state index in [1.54, 1.807) is 23.6 Å². The molecule has 0 aliphatic heterocycles. The second-order valence-corrected chi connectivity index (χ2v) is 6.80. The SMILES string of the molecule is NC(=O)CN(Cc1ccc(N)cc1)C(=O)c1csc(Br)c1. The third kappa shape index (κ3) is 4.30. The van der Waals surface area contributed by atoms with Crippen LogP contribution in [0.4, 0.5) is 5.69 Å². The summed E-state index contributed by atoms with van der Waals surface area (Å²) in [7, 11) is 0. The number of rotatable bonds is 5. The monoisotopic (exact) mass is 367 g/mol. The first-order chi connectivity index (χ1) is 9.95. The van der Waals surface area contributed by atoms with Crippen LogP contribution in [0.25, 0.3) is 0 Å². The maximum atomic E-state index is 12.4. The van der Waals surface area contributed by atoms with Crippen molar-refractivity contribution in [2.45, 2.75) is 6.54 Å². The van der Waals surface area contributed by atoms with E-state index in [9.17, 15) is 9.59 Å². The van der Waals surface area contributed by atoms with Gasteiger partial charge in [-0.25, -0.2) is 0 Å². The van der Waals surface area contributed by atoms with Crippen molar-refractivity contribution in [2.24, 2.45) is 5.73 Å². The molecule has 5 nitrogen and oxygen atoms in total. The van der Waals surface area contributed by atoms with Crippen LogP contribution < -0.4 is 11.5 Å². The van der Waals surface area contributed by atoms with Gasteiger partial charge in [0.2, 0.25) is 5.91 Å². The zero-order valence-electron chi connectivity index (χ0n) is 11.1. The number of hydrogen-bond acceptors (Lipinski definition) is 4. The van der Waals surface area contributed by atoms with E-state index in [4.69, 9.17) is 11.5 Å². The molecule has 2 amide bonds. The molecule has 0 aliphatic rings. The molecule has 0 bridgehead atoms. The first kappa shape index (κ1) is 15.5. The normalized spacial score (nSPS) is 10.3. The molecule has 110 valence electrons. The van der Waals surface area contributed by atoms with E-state index in [2.05, 4.69) is 15.9 Å². The zero-order chi connectivity index (χ0) is 15.4. The number of thiophene rings is 1. The van der Waals surface area contributed by atoms with Gasteiger partial charge in [0.1, 0.15) is 0 Å². The van der Waals surface area contributed by atoms with Crippen LogP contribution in [0.15, 0.2) is 39.5 Å². The molecule has 0 radical (unpaired) electrons. The minimum Gasteiger partial charge on any atom is -0.399 e. The Hall–Kier alpha value is -1.86. The third-order valence-corrected chi connectivity index (χ3v) is 4.31. The Morgan fingerprint density at radius 1 is 1.24 bits per heavy atom. The summed E-state index contributed by atoms with van der Waals surface area (Å²) in [6, 6.07) is 8.87. The van der Waals surface area contributed by atoms with Gasteiger partial charge in [0.15, 0.2) is 0 Å². The molecule has 0 unspecified atom stereocenters. The number of benzene rings is 1. The maximum absolute atomic E-state index is 12.4. The minimum absolute atomic E-state index is 0.128. The Labute approximate surface area is 134 Å². The number of hydrogen-bond donors (Lipinski definition) is 2. The quantitative estimate of drug-likeness (QED) is 0.793. The lowest BCUT2D eigenvalue weighted by Crippen LogP contribution is -2.37. The molecule has 0 aliphatic carbocycles. The highest BCUT2D eigenvalue weighted by Crippen LogP contribution is 2.22. The van der Waals surface area contributed by atoms with Crippen molar-refractivity contribution in [1.82, 2.24) is 4.90 Å². The number of primary amides is 1. The number of carbonyl (C=O) groups excluding carboxylic acids is 2. The summed E-state index contributed by atoms with van der Waals surface area (Å²) < 4.78 is 0.859. The second kappa shape index (κ2) is 6.73. The Balaban J connectivity index is 2.19. The second-order valence-electron chi connectivity index (χ2n) is 4.51. The molecule has 2 aromatic rings. The summed E-state index contributed by atoms with van der Waals surface area (Å²) in [4.78, 5) is 25.1. The lowest BCUT2D eigenvalue weighted by molar-refractivity contribution is -0.118. The van der Waals surface area contributed by atoms with Crippen molar-refractivity contribution in [3.05, 3.63) is 50.6 Å². The van der Waals surface area contributed by atoms with E-state index in [0.29, 0.717) is 17.8 Å². The van der Waals surface area contributed by atoms with Crippen molar-refractivity contribution in [2.75, 3.05) is 12.3 Å². The van der Waals surface area contributed by atoms with Gasteiger partial charge < -0.3 is 16.4 Å². The van der Waals surface area contributed by atoms with Crippen LogP contribution in [0, 0.1) is 0 Å². The highest BCUT2D eigenvalue weighted by atomic mass is 79.9. The number of nitrogens with two attached hydrogens (primary N) is 2. The molecule has 0 spiro atoms. The van der Waals surface area contributed by atoms with E-state index >= 15 is 0 Å². The lowest BCUT2D eigenvalue weighted by atomic mass is 10.2. The summed E-state index contributed by atoms with van der Waals surface area (Å²) >= 11 is 4.73. The van der Waals surface area contributed by atoms with Crippen LogP contribution in [0.5, 0.6) is 0 Å².